The molecule has 1 atom stereocenters. The van der Waals surface area contributed by atoms with Gasteiger partial charge in [0.2, 0.25) is 11.8 Å². The number of hydrogen-bond acceptors (Lipinski definition) is 3. The first-order chi connectivity index (χ1) is 5.13. The van der Waals surface area contributed by atoms with Crippen molar-refractivity contribution in [2.75, 3.05) is 7.05 Å². The summed E-state index contributed by atoms with van der Waals surface area (Å²) >= 11 is 4.67. The van der Waals surface area contributed by atoms with Crippen LogP contribution >= 0.6 is 0 Å². The van der Waals surface area contributed by atoms with Crippen molar-refractivity contribution in [3.05, 3.63) is 0 Å². The first-order valence-corrected chi connectivity index (χ1v) is 4.06. The van der Waals surface area contributed by atoms with Crippen molar-refractivity contribution in [2.45, 2.75) is 25.5 Å². The second-order valence-corrected chi connectivity index (χ2v) is 2.55. The monoisotopic (exact) mass is 213 g/mol. The van der Waals surface area contributed by atoms with Gasteiger partial charge in [-0.1, -0.05) is 19.1 Å². The van der Waals surface area contributed by atoms with Crippen LogP contribution in [-0.2, 0) is 22.2 Å². The van der Waals surface area contributed by atoms with Crippen LogP contribution in [0.1, 0.15) is 20.3 Å². The van der Waals surface area contributed by atoms with E-state index in [1.165, 1.54) is 7.05 Å². The molecule has 0 radical (unpaired) electrons. The van der Waals surface area contributed by atoms with E-state index < -0.39 is 5.25 Å². The third-order valence-electron chi connectivity index (χ3n) is 1.34. The van der Waals surface area contributed by atoms with Gasteiger partial charge in [-0.2, -0.15) is 0 Å². The normalized spacial score (nSPS) is 21.3. The molecule has 0 aromatic heterocycles. The predicted molar refractivity (Wildman–Crippen MR) is 44.9 cm³/mol. The van der Waals surface area contributed by atoms with Crippen molar-refractivity contribution >= 4 is 24.4 Å². The number of nitrogens with zero attached hydrogens (tertiary/aromatic N) is 1. The Balaban J connectivity index is 0. The molecule has 0 saturated carbocycles. The van der Waals surface area contributed by atoms with Gasteiger partial charge in [-0.25, -0.2) is 0 Å². The summed E-state index contributed by atoms with van der Waals surface area (Å²) in [5, 5.41) is -0.512. The second-order valence-electron chi connectivity index (χ2n) is 1.98. The van der Waals surface area contributed by atoms with Crippen molar-refractivity contribution in [1.82, 2.24) is 4.90 Å². The molecular weight excluding hydrogens is 201 g/mol. The number of imide groups is 1. The molecule has 12 heavy (non-hydrogen) atoms. The molecule has 3 nitrogen and oxygen atoms in total. The van der Waals surface area contributed by atoms with Gasteiger partial charge in [-0.05, 0) is 0 Å². The topological polar surface area (TPSA) is 37.4 Å². The van der Waals surface area contributed by atoms with Crippen LogP contribution in [0.4, 0.5) is 0 Å². The molecule has 5 heteroatoms. The fourth-order valence-electron chi connectivity index (χ4n) is 0.722. The van der Waals surface area contributed by atoms with Gasteiger partial charge in [0, 0.05) is 13.5 Å². The van der Waals surface area contributed by atoms with Crippen LogP contribution in [0.3, 0.4) is 0 Å². The van der Waals surface area contributed by atoms with E-state index in [0.717, 1.165) is 4.90 Å². The molecule has 1 rings (SSSR count). The summed E-state index contributed by atoms with van der Waals surface area (Å²) in [5.41, 5.74) is 0. The number of likely N-dealkylation sites (tertiary alicyclic amines) is 1. The molecule has 1 saturated heterocycles. The quantitative estimate of drug-likeness (QED) is 0.250. The maximum absolute atomic E-state index is 10.7. The Bertz CT molecular complexity index is 175. The maximum Gasteiger partial charge on any atom is 1.00 e. The summed E-state index contributed by atoms with van der Waals surface area (Å²) in [7, 11) is 1.46. The first-order valence-electron chi connectivity index (χ1n) is 3.59. The molecule has 1 heterocycles. The molecule has 1 fully saturated rings. The fourth-order valence-corrected chi connectivity index (χ4v) is 1.02. The van der Waals surface area contributed by atoms with Gasteiger partial charge in [0.25, 0.3) is 0 Å². The van der Waals surface area contributed by atoms with Crippen LogP contribution < -0.4 is 51.4 Å². The SMILES string of the molecule is CC.CN1C(=O)CC([S-])C1=O.[K+]. The number of amides is 2. The van der Waals surface area contributed by atoms with Gasteiger partial charge in [-0.3, -0.25) is 14.5 Å². The summed E-state index contributed by atoms with van der Waals surface area (Å²) in [5.74, 6) is -0.407. The zero-order chi connectivity index (χ0) is 9.02. The van der Waals surface area contributed by atoms with Crippen LogP contribution in [0.25, 0.3) is 0 Å². The summed E-state index contributed by atoms with van der Waals surface area (Å²) < 4.78 is 0. The van der Waals surface area contributed by atoms with E-state index in [4.69, 9.17) is 0 Å². The fraction of sp³-hybridized carbons (Fsp3) is 0.714. The van der Waals surface area contributed by atoms with Crippen molar-refractivity contribution in [3.63, 3.8) is 0 Å². The van der Waals surface area contributed by atoms with Crippen molar-refractivity contribution in [2.24, 2.45) is 0 Å². The third-order valence-corrected chi connectivity index (χ3v) is 1.71. The van der Waals surface area contributed by atoms with E-state index in [1.54, 1.807) is 0 Å². The van der Waals surface area contributed by atoms with Gasteiger partial charge < -0.3 is 12.6 Å². The molecule has 0 aromatic rings. The third kappa shape index (κ3) is 3.89. The van der Waals surface area contributed by atoms with Crippen LogP contribution in [0.15, 0.2) is 0 Å². The Kier molecular flexibility index (Phi) is 9.77. The number of rotatable bonds is 0. The van der Waals surface area contributed by atoms with Gasteiger partial charge >= 0.3 is 51.4 Å². The Hall–Kier alpha value is 1.13. The average Bonchev–Trinajstić information content (AvgIpc) is 2.22. The summed E-state index contributed by atoms with van der Waals surface area (Å²) in [4.78, 5) is 22.4. The van der Waals surface area contributed by atoms with E-state index >= 15 is 0 Å². The number of hydrogen-bond donors (Lipinski definition) is 0. The van der Waals surface area contributed by atoms with Crippen LogP contribution in [0, 0.1) is 0 Å². The van der Waals surface area contributed by atoms with Gasteiger partial charge in [-0.15, -0.1) is 0 Å². The Labute approximate surface area is 121 Å². The summed E-state index contributed by atoms with van der Waals surface area (Å²) in [6.07, 6.45) is 0.199. The van der Waals surface area contributed by atoms with Gasteiger partial charge in [0.05, 0.1) is 0 Å². The zero-order valence-corrected chi connectivity index (χ0v) is 11.9. The van der Waals surface area contributed by atoms with E-state index in [-0.39, 0.29) is 69.6 Å². The molecule has 64 valence electrons. The number of carbonyl (C=O) groups excluding carboxylic acids is 2. The Morgan fingerprint density at radius 1 is 1.42 bits per heavy atom. The molecule has 0 aromatic carbocycles. The second kappa shape index (κ2) is 7.52. The summed E-state index contributed by atoms with van der Waals surface area (Å²) in [6, 6.07) is 0. The minimum Gasteiger partial charge on any atom is -0.779 e. The van der Waals surface area contributed by atoms with E-state index in [9.17, 15) is 9.59 Å². The van der Waals surface area contributed by atoms with Crippen LogP contribution in [-0.4, -0.2) is 29.0 Å². The molecule has 0 N–H and O–H groups in total. The number of carbonyl (C=O) groups is 2. The molecule has 0 spiro atoms. The maximum atomic E-state index is 10.7. The van der Waals surface area contributed by atoms with E-state index in [0.29, 0.717) is 0 Å². The smallest absolute Gasteiger partial charge is 0.779 e. The van der Waals surface area contributed by atoms with E-state index in [1.807, 2.05) is 13.8 Å². The molecule has 0 aliphatic carbocycles. The van der Waals surface area contributed by atoms with E-state index in [2.05, 4.69) is 12.6 Å². The minimum absolute atomic E-state index is 0. The molecule has 1 unspecified atom stereocenters. The Morgan fingerprint density at radius 2 is 1.83 bits per heavy atom. The molecule has 1 aliphatic heterocycles. The van der Waals surface area contributed by atoms with Gasteiger partial charge in [0.15, 0.2) is 0 Å². The summed E-state index contributed by atoms with van der Waals surface area (Å²) in [6.45, 7) is 4.00. The van der Waals surface area contributed by atoms with Crippen molar-refractivity contribution in [3.8, 4) is 0 Å². The molecular formula is C7H12KNO2S. The molecule has 0 bridgehead atoms. The standard InChI is InChI=1S/C5H7NO2S.C2H6.K/c1-6-4(7)2-3(9)5(6)8;1-2;/h3,9H,2H2,1H3;1-2H3;/q;;+1/p-1. The Morgan fingerprint density at radius 3 is 1.92 bits per heavy atom. The average molecular weight is 213 g/mol. The van der Waals surface area contributed by atoms with Crippen molar-refractivity contribution in [1.29, 1.82) is 0 Å². The zero-order valence-electron chi connectivity index (χ0n) is 7.96. The molecule has 2 amide bonds. The van der Waals surface area contributed by atoms with Crippen LogP contribution in [0.2, 0.25) is 0 Å². The molecule has 1 aliphatic rings. The van der Waals surface area contributed by atoms with Crippen LogP contribution in [0.5, 0.6) is 0 Å². The minimum atomic E-state index is -0.512. The predicted octanol–water partition coefficient (Wildman–Crippen LogP) is -2.68. The largest absolute Gasteiger partial charge is 1.00 e. The van der Waals surface area contributed by atoms with Gasteiger partial charge in [0.1, 0.15) is 0 Å². The first kappa shape index (κ1) is 15.6. The van der Waals surface area contributed by atoms with Crippen molar-refractivity contribution < 1.29 is 61.0 Å².